The quantitative estimate of drug-likeness (QED) is 0.262. The summed E-state index contributed by atoms with van der Waals surface area (Å²) in [6.45, 7) is -0.108. The fourth-order valence-electron chi connectivity index (χ4n) is 2.71. The molecule has 4 aromatic rings. The molecule has 0 atom stereocenters. The first-order valence-corrected chi connectivity index (χ1v) is 9.86. The van der Waals surface area contributed by atoms with Crippen molar-refractivity contribution in [2.75, 3.05) is 17.7 Å². The molecule has 1 aromatic carbocycles. The minimum Gasteiger partial charge on any atom is -0.394 e. The number of hydrogen-bond acceptors (Lipinski definition) is 6. The van der Waals surface area contributed by atoms with Crippen LogP contribution in [-0.2, 0) is 4.84 Å². The Morgan fingerprint density at radius 2 is 1.97 bits per heavy atom. The lowest BCUT2D eigenvalue weighted by molar-refractivity contribution is 0.107. The first-order chi connectivity index (χ1) is 14.2. The smallest absolute Gasteiger partial charge is 0.155 e. The number of aromatic nitrogens is 3. The van der Waals surface area contributed by atoms with Crippen molar-refractivity contribution in [1.82, 2.24) is 14.4 Å². The van der Waals surface area contributed by atoms with Crippen LogP contribution in [0, 0.1) is 5.82 Å². The fraction of sp³-hybridized carbons (Fsp3) is 0.100. The van der Waals surface area contributed by atoms with Gasteiger partial charge < -0.3 is 5.11 Å². The summed E-state index contributed by atoms with van der Waals surface area (Å²) in [4.78, 5) is 15.1. The van der Waals surface area contributed by atoms with E-state index in [1.54, 1.807) is 24.5 Å². The second kappa shape index (κ2) is 8.79. The van der Waals surface area contributed by atoms with Gasteiger partial charge in [0, 0.05) is 34.8 Å². The predicted molar refractivity (Wildman–Crippen MR) is 111 cm³/mol. The summed E-state index contributed by atoms with van der Waals surface area (Å²) in [6, 6.07) is 13.6. The standard InChI is InChI=1S/C20H16ClFN4O2S/c21-20-17(26(28-10-9-27)29-16-6-4-15(22)5-7-16)11-14(12-24-20)18-13-23-19-3-1-2-8-25(18)19/h1-8,11-13,27H,9-10H2. The van der Waals surface area contributed by atoms with Crippen molar-refractivity contribution in [2.24, 2.45) is 0 Å². The third-order valence-corrected chi connectivity index (χ3v) is 5.27. The van der Waals surface area contributed by atoms with Gasteiger partial charge in [0.1, 0.15) is 17.2 Å². The molecular weight excluding hydrogens is 415 g/mol. The lowest BCUT2D eigenvalue weighted by atomic mass is 10.2. The fourth-order valence-corrected chi connectivity index (χ4v) is 3.75. The summed E-state index contributed by atoms with van der Waals surface area (Å²) in [5.74, 6) is -0.327. The Bertz CT molecular complexity index is 1120. The first kappa shape index (κ1) is 19.7. The number of imidazole rings is 1. The Kier molecular flexibility index (Phi) is 5.96. The molecule has 3 heterocycles. The molecule has 0 aliphatic heterocycles. The van der Waals surface area contributed by atoms with Crippen LogP contribution in [0.5, 0.6) is 0 Å². The summed E-state index contributed by atoms with van der Waals surface area (Å²) < 4.78 is 16.6. The Balaban J connectivity index is 1.72. The average molecular weight is 431 g/mol. The van der Waals surface area contributed by atoms with Gasteiger partial charge in [0.15, 0.2) is 5.15 Å². The maximum atomic E-state index is 13.2. The van der Waals surface area contributed by atoms with Gasteiger partial charge in [0.05, 0.1) is 25.1 Å². The van der Waals surface area contributed by atoms with Gasteiger partial charge in [-0.25, -0.2) is 14.4 Å². The van der Waals surface area contributed by atoms with Crippen LogP contribution in [0.15, 0.2) is 72.0 Å². The van der Waals surface area contributed by atoms with Gasteiger partial charge in [0.25, 0.3) is 0 Å². The van der Waals surface area contributed by atoms with Crippen molar-refractivity contribution < 1.29 is 14.3 Å². The summed E-state index contributed by atoms with van der Waals surface area (Å²) in [7, 11) is 0. The van der Waals surface area contributed by atoms with Gasteiger partial charge in [-0.2, -0.15) is 4.47 Å². The third kappa shape index (κ3) is 4.35. The minimum absolute atomic E-state index is 0.0599. The molecule has 0 aliphatic rings. The highest BCUT2D eigenvalue weighted by atomic mass is 35.5. The lowest BCUT2D eigenvalue weighted by Gasteiger charge is -2.23. The highest BCUT2D eigenvalue weighted by Crippen LogP contribution is 2.36. The maximum Gasteiger partial charge on any atom is 0.155 e. The van der Waals surface area contributed by atoms with E-state index in [0.717, 1.165) is 21.8 Å². The highest BCUT2D eigenvalue weighted by molar-refractivity contribution is 8.00. The summed E-state index contributed by atoms with van der Waals surface area (Å²) in [5.41, 5.74) is 2.95. The van der Waals surface area contributed by atoms with Gasteiger partial charge in [-0.3, -0.25) is 9.24 Å². The maximum absolute atomic E-state index is 13.2. The van der Waals surface area contributed by atoms with Crippen molar-refractivity contribution in [2.45, 2.75) is 4.90 Å². The number of aliphatic hydroxyl groups excluding tert-OH is 1. The van der Waals surface area contributed by atoms with Crippen LogP contribution < -0.4 is 4.47 Å². The van der Waals surface area contributed by atoms with Crippen LogP contribution in [-0.4, -0.2) is 32.7 Å². The van der Waals surface area contributed by atoms with Crippen molar-refractivity contribution >= 4 is 34.9 Å². The van der Waals surface area contributed by atoms with Crippen molar-refractivity contribution in [3.8, 4) is 11.3 Å². The predicted octanol–water partition coefficient (Wildman–Crippen LogP) is 4.63. The van der Waals surface area contributed by atoms with E-state index in [9.17, 15) is 9.50 Å². The largest absolute Gasteiger partial charge is 0.394 e. The average Bonchev–Trinajstić information content (AvgIpc) is 3.17. The molecule has 148 valence electrons. The second-order valence-corrected chi connectivity index (χ2v) is 7.31. The van der Waals surface area contributed by atoms with Crippen molar-refractivity contribution in [3.63, 3.8) is 0 Å². The molecule has 6 nitrogen and oxygen atoms in total. The van der Waals surface area contributed by atoms with Crippen LogP contribution in [0.4, 0.5) is 10.1 Å². The van der Waals surface area contributed by atoms with Crippen LogP contribution in [0.3, 0.4) is 0 Å². The van der Waals surface area contributed by atoms with E-state index in [0.29, 0.717) is 5.69 Å². The van der Waals surface area contributed by atoms with E-state index in [4.69, 9.17) is 16.4 Å². The number of fused-ring (bicyclic) bond motifs is 1. The Hall–Kier alpha value is -2.65. The number of anilines is 1. The van der Waals surface area contributed by atoms with Crippen LogP contribution >= 0.6 is 23.5 Å². The normalized spacial score (nSPS) is 11.1. The molecule has 0 radical (unpaired) electrons. The number of aliphatic hydroxyl groups is 1. The Morgan fingerprint density at radius 1 is 1.14 bits per heavy atom. The molecule has 0 bridgehead atoms. The number of benzene rings is 1. The molecule has 0 spiro atoms. The van der Waals surface area contributed by atoms with Crippen LogP contribution in [0.2, 0.25) is 5.15 Å². The third-order valence-electron chi connectivity index (χ3n) is 4.03. The van der Waals surface area contributed by atoms with E-state index >= 15 is 0 Å². The SMILES string of the molecule is OCCON(Sc1ccc(F)cc1)c1cc(-c2cnc3ccccn23)cnc1Cl. The number of nitrogens with zero attached hydrogens (tertiary/aromatic N) is 4. The van der Waals surface area contributed by atoms with Gasteiger partial charge in [0.2, 0.25) is 0 Å². The number of rotatable bonds is 7. The van der Waals surface area contributed by atoms with Gasteiger partial charge >= 0.3 is 0 Å². The van der Waals surface area contributed by atoms with Crippen molar-refractivity contribution in [1.29, 1.82) is 0 Å². The highest BCUT2D eigenvalue weighted by Gasteiger charge is 2.17. The van der Waals surface area contributed by atoms with E-state index in [-0.39, 0.29) is 24.2 Å². The van der Waals surface area contributed by atoms with Crippen LogP contribution in [0.1, 0.15) is 0 Å². The first-order valence-electron chi connectivity index (χ1n) is 8.71. The molecule has 0 saturated heterocycles. The number of pyridine rings is 2. The van der Waals surface area contributed by atoms with Gasteiger partial charge in [-0.15, -0.1) is 0 Å². The second-order valence-electron chi connectivity index (χ2n) is 5.97. The molecule has 9 heteroatoms. The van der Waals surface area contributed by atoms with E-state index in [1.807, 2.05) is 34.9 Å². The van der Waals surface area contributed by atoms with Crippen molar-refractivity contribution in [3.05, 3.63) is 78.1 Å². The molecule has 0 amide bonds. The zero-order valence-electron chi connectivity index (χ0n) is 15.1. The molecule has 0 unspecified atom stereocenters. The summed E-state index contributed by atoms with van der Waals surface area (Å²) in [5, 5.41) is 9.42. The zero-order chi connectivity index (χ0) is 20.2. The van der Waals surface area contributed by atoms with Gasteiger partial charge in [-0.05, 0) is 42.5 Å². The molecule has 29 heavy (non-hydrogen) atoms. The summed E-state index contributed by atoms with van der Waals surface area (Å²) >= 11 is 7.55. The number of hydrogen-bond donors (Lipinski definition) is 1. The summed E-state index contributed by atoms with van der Waals surface area (Å²) in [6.07, 6.45) is 5.34. The zero-order valence-corrected chi connectivity index (χ0v) is 16.6. The monoisotopic (exact) mass is 430 g/mol. The van der Waals surface area contributed by atoms with E-state index in [2.05, 4.69) is 9.97 Å². The molecule has 4 rings (SSSR count). The molecule has 0 aliphatic carbocycles. The minimum atomic E-state index is -0.327. The number of halogens is 2. The molecule has 3 aromatic heterocycles. The van der Waals surface area contributed by atoms with Crippen LogP contribution in [0.25, 0.3) is 16.9 Å². The van der Waals surface area contributed by atoms with E-state index in [1.165, 1.54) is 28.5 Å². The topological polar surface area (TPSA) is 62.9 Å². The molecular formula is C20H16ClFN4O2S. The molecule has 1 N–H and O–H groups in total. The Morgan fingerprint density at radius 3 is 2.76 bits per heavy atom. The van der Waals surface area contributed by atoms with Gasteiger partial charge in [-0.1, -0.05) is 17.7 Å². The lowest BCUT2D eigenvalue weighted by Crippen LogP contribution is -2.18. The molecule has 0 saturated carbocycles. The van der Waals surface area contributed by atoms with E-state index < -0.39 is 0 Å². The molecule has 0 fully saturated rings. The Labute approximate surface area is 175 Å².